The number of aromatic hydroxyl groups is 1. The summed E-state index contributed by atoms with van der Waals surface area (Å²) in [7, 11) is 1.41. The Morgan fingerprint density at radius 1 is 0.962 bits per heavy atom. The van der Waals surface area contributed by atoms with E-state index in [0.717, 1.165) is 18.2 Å². The van der Waals surface area contributed by atoms with E-state index in [-0.39, 0.29) is 17.9 Å². The van der Waals surface area contributed by atoms with E-state index in [1.165, 1.54) is 37.5 Å². The lowest BCUT2D eigenvalue weighted by atomic mass is 10.1. The first-order valence-electron chi connectivity index (χ1n) is 7.63. The van der Waals surface area contributed by atoms with Gasteiger partial charge in [0.05, 0.1) is 13.5 Å². The normalized spacial score (nSPS) is 11.2. The highest BCUT2D eigenvalue weighted by Gasteiger charge is 2.06. The molecular formula is C20H16F2O4. The van der Waals surface area contributed by atoms with Gasteiger partial charge in [0.25, 0.3) is 0 Å². The average molecular weight is 358 g/mol. The van der Waals surface area contributed by atoms with Crippen molar-refractivity contribution in [3.63, 3.8) is 0 Å². The van der Waals surface area contributed by atoms with Gasteiger partial charge in [-0.2, -0.15) is 0 Å². The zero-order valence-electron chi connectivity index (χ0n) is 13.9. The van der Waals surface area contributed by atoms with Crippen molar-refractivity contribution in [1.29, 1.82) is 0 Å². The van der Waals surface area contributed by atoms with E-state index in [1.54, 1.807) is 12.1 Å². The monoisotopic (exact) mass is 358 g/mol. The average Bonchev–Trinajstić information content (AvgIpc) is 2.62. The molecule has 0 aliphatic heterocycles. The Balaban J connectivity index is 1.95. The van der Waals surface area contributed by atoms with Crippen LogP contribution in [0.4, 0.5) is 8.78 Å². The molecule has 0 heterocycles. The summed E-state index contributed by atoms with van der Waals surface area (Å²) < 4.78 is 30.9. The fraction of sp³-hybridized carbons (Fsp3) is 0.100. The molecule has 134 valence electrons. The van der Waals surface area contributed by atoms with Crippen LogP contribution in [0.3, 0.4) is 0 Å². The number of allylic oxidation sites excluding steroid dienone is 2. The van der Waals surface area contributed by atoms with Crippen LogP contribution >= 0.6 is 0 Å². The molecule has 0 amide bonds. The van der Waals surface area contributed by atoms with E-state index >= 15 is 0 Å². The third kappa shape index (κ3) is 5.37. The number of rotatable bonds is 7. The van der Waals surface area contributed by atoms with Crippen LogP contribution in [0.25, 0.3) is 12.2 Å². The van der Waals surface area contributed by atoms with E-state index in [9.17, 15) is 23.5 Å². The molecule has 4 nitrogen and oxygen atoms in total. The van der Waals surface area contributed by atoms with E-state index in [2.05, 4.69) is 0 Å². The zero-order chi connectivity index (χ0) is 19.1. The number of carbonyl (C=O) groups is 2. The predicted octanol–water partition coefficient (Wildman–Crippen LogP) is 3.93. The van der Waals surface area contributed by atoms with Gasteiger partial charge in [-0.3, -0.25) is 9.59 Å². The number of benzene rings is 2. The van der Waals surface area contributed by atoms with Gasteiger partial charge in [0, 0.05) is 0 Å². The molecule has 0 unspecified atom stereocenters. The number of carbonyl (C=O) groups excluding carboxylic acids is 2. The minimum Gasteiger partial charge on any atom is -0.504 e. The molecular weight excluding hydrogens is 342 g/mol. The SMILES string of the molecule is COc1cc(C=CC(=O)CC(=O)C=Cc2ccc(F)c(F)c2)ccc1O. The molecule has 0 atom stereocenters. The maximum atomic E-state index is 13.1. The summed E-state index contributed by atoms with van der Waals surface area (Å²) in [5, 5.41) is 9.50. The van der Waals surface area contributed by atoms with Gasteiger partial charge < -0.3 is 9.84 Å². The van der Waals surface area contributed by atoms with Crippen molar-refractivity contribution in [2.24, 2.45) is 0 Å². The minimum atomic E-state index is -1.01. The smallest absolute Gasteiger partial charge is 0.163 e. The maximum absolute atomic E-state index is 13.1. The van der Waals surface area contributed by atoms with Crippen LogP contribution in [0.1, 0.15) is 17.5 Å². The van der Waals surface area contributed by atoms with E-state index < -0.39 is 23.2 Å². The molecule has 2 aromatic rings. The van der Waals surface area contributed by atoms with Crippen LogP contribution in [0.15, 0.2) is 48.6 Å². The van der Waals surface area contributed by atoms with Gasteiger partial charge in [-0.05, 0) is 47.5 Å². The van der Waals surface area contributed by atoms with Crippen LogP contribution < -0.4 is 4.74 Å². The molecule has 0 aliphatic carbocycles. The first-order valence-corrected chi connectivity index (χ1v) is 7.63. The highest BCUT2D eigenvalue weighted by molar-refractivity contribution is 6.10. The summed E-state index contributed by atoms with van der Waals surface area (Å²) in [5.74, 6) is -2.62. The fourth-order valence-corrected chi connectivity index (χ4v) is 2.08. The van der Waals surface area contributed by atoms with Crippen molar-refractivity contribution in [3.8, 4) is 11.5 Å². The third-order valence-corrected chi connectivity index (χ3v) is 3.42. The Morgan fingerprint density at radius 3 is 2.12 bits per heavy atom. The van der Waals surface area contributed by atoms with Crippen molar-refractivity contribution in [2.75, 3.05) is 7.11 Å². The molecule has 0 aliphatic rings. The lowest BCUT2D eigenvalue weighted by Crippen LogP contribution is -2.01. The standard InChI is InChI=1S/C20H16F2O4/c1-26-20-11-14(5-9-19(20)25)3-7-16(24)12-15(23)6-2-13-4-8-17(21)18(22)10-13/h2-11,25H,12H2,1H3. The Kier molecular flexibility index (Phi) is 6.38. The number of hydrogen-bond acceptors (Lipinski definition) is 4. The number of methoxy groups -OCH3 is 1. The molecule has 26 heavy (non-hydrogen) atoms. The van der Waals surface area contributed by atoms with Crippen molar-refractivity contribution in [2.45, 2.75) is 6.42 Å². The van der Waals surface area contributed by atoms with Crippen molar-refractivity contribution >= 4 is 23.7 Å². The Labute approximate surface area is 149 Å². The van der Waals surface area contributed by atoms with Crippen molar-refractivity contribution in [1.82, 2.24) is 0 Å². The van der Waals surface area contributed by atoms with Crippen LogP contribution in [0.5, 0.6) is 11.5 Å². The number of halogens is 2. The van der Waals surface area contributed by atoms with Gasteiger partial charge in [0.1, 0.15) is 0 Å². The summed E-state index contributed by atoms with van der Waals surface area (Å²) in [6.07, 6.45) is 4.84. The number of hydrogen-bond donors (Lipinski definition) is 1. The first-order chi connectivity index (χ1) is 12.4. The van der Waals surface area contributed by atoms with E-state index in [0.29, 0.717) is 11.1 Å². The Morgan fingerprint density at radius 2 is 1.54 bits per heavy atom. The van der Waals surface area contributed by atoms with Gasteiger partial charge in [-0.15, -0.1) is 0 Å². The quantitative estimate of drug-likeness (QED) is 0.602. The van der Waals surface area contributed by atoms with Gasteiger partial charge in [0.2, 0.25) is 0 Å². The minimum absolute atomic E-state index is 0.0199. The molecule has 0 radical (unpaired) electrons. The molecule has 2 aromatic carbocycles. The van der Waals surface area contributed by atoms with Crippen LogP contribution in [-0.2, 0) is 9.59 Å². The summed E-state index contributed by atoms with van der Waals surface area (Å²) >= 11 is 0. The number of phenols is 1. The van der Waals surface area contributed by atoms with Gasteiger partial charge in [0.15, 0.2) is 34.7 Å². The highest BCUT2D eigenvalue weighted by Crippen LogP contribution is 2.26. The van der Waals surface area contributed by atoms with Crippen molar-refractivity contribution in [3.05, 3.63) is 71.3 Å². The number of phenolic OH excluding ortho intramolecular Hbond substituents is 1. The third-order valence-electron chi connectivity index (χ3n) is 3.42. The molecule has 2 rings (SSSR count). The zero-order valence-corrected chi connectivity index (χ0v) is 13.9. The maximum Gasteiger partial charge on any atom is 0.163 e. The highest BCUT2D eigenvalue weighted by atomic mass is 19.2. The van der Waals surface area contributed by atoms with Gasteiger partial charge in [-0.25, -0.2) is 8.78 Å². The van der Waals surface area contributed by atoms with Crippen LogP contribution in [0, 0.1) is 11.6 Å². The number of ketones is 2. The molecule has 0 saturated heterocycles. The second-order valence-corrected chi connectivity index (χ2v) is 5.38. The second kappa shape index (κ2) is 8.71. The van der Waals surface area contributed by atoms with E-state index in [1.807, 2.05) is 0 Å². The molecule has 0 aromatic heterocycles. The molecule has 0 bridgehead atoms. The topological polar surface area (TPSA) is 63.6 Å². The summed E-state index contributed by atoms with van der Waals surface area (Å²) in [4.78, 5) is 23.6. The van der Waals surface area contributed by atoms with E-state index in [4.69, 9.17) is 4.74 Å². The Bertz CT molecular complexity index is 885. The van der Waals surface area contributed by atoms with Crippen molar-refractivity contribution < 1.29 is 28.2 Å². The summed E-state index contributed by atoms with van der Waals surface area (Å²) in [6.45, 7) is 0. The van der Waals surface area contributed by atoms with Gasteiger partial charge in [-0.1, -0.05) is 24.3 Å². The fourth-order valence-electron chi connectivity index (χ4n) is 2.08. The lowest BCUT2D eigenvalue weighted by Gasteiger charge is -2.03. The van der Waals surface area contributed by atoms with Gasteiger partial charge >= 0.3 is 0 Å². The summed E-state index contributed by atoms with van der Waals surface area (Å²) in [5.41, 5.74) is 0.939. The number of ether oxygens (including phenoxy) is 1. The molecule has 1 N–H and O–H groups in total. The second-order valence-electron chi connectivity index (χ2n) is 5.38. The van der Waals surface area contributed by atoms with Crippen LogP contribution in [-0.4, -0.2) is 23.8 Å². The molecule has 0 fully saturated rings. The largest absolute Gasteiger partial charge is 0.504 e. The van der Waals surface area contributed by atoms with Crippen LogP contribution in [0.2, 0.25) is 0 Å². The lowest BCUT2D eigenvalue weighted by molar-refractivity contribution is -0.121. The predicted molar refractivity (Wildman–Crippen MR) is 93.7 cm³/mol. The Hall–Kier alpha value is -3.28. The summed E-state index contributed by atoms with van der Waals surface area (Å²) in [6, 6.07) is 7.80. The first kappa shape index (κ1) is 19.1. The molecule has 0 saturated carbocycles. The molecule has 0 spiro atoms. The molecule has 6 heteroatoms.